The van der Waals surface area contributed by atoms with Gasteiger partial charge in [-0.3, -0.25) is 4.79 Å². The van der Waals surface area contributed by atoms with Crippen molar-refractivity contribution in [1.29, 1.82) is 0 Å². The van der Waals surface area contributed by atoms with Crippen LogP contribution in [0.1, 0.15) is 6.92 Å². The van der Waals surface area contributed by atoms with Crippen molar-refractivity contribution >= 4 is 11.7 Å². The molecule has 0 amide bonds. The molecule has 0 saturated carbocycles. The Bertz CT molecular complexity index is 338. The van der Waals surface area contributed by atoms with E-state index in [9.17, 15) is 9.90 Å². The highest BCUT2D eigenvalue weighted by Gasteiger charge is 2.07. The minimum Gasteiger partial charge on any atom is -0.508 e. The Morgan fingerprint density at radius 2 is 2.27 bits per heavy atom. The summed E-state index contributed by atoms with van der Waals surface area (Å²) in [6.07, 6.45) is 0. The highest BCUT2D eigenvalue weighted by atomic mass is 16.5. The van der Waals surface area contributed by atoms with Crippen LogP contribution in [-0.4, -0.2) is 31.3 Å². The monoisotopic (exact) mass is 209 g/mol. The molecule has 4 nitrogen and oxygen atoms in total. The predicted molar refractivity (Wildman–Crippen MR) is 58.0 cm³/mol. The van der Waals surface area contributed by atoms with E-state index in [2.05, 4.69) is 0 Å². The first kappa shape index (κ1) is 11.4. The Morgan fingerprint density at radius 1 is 1.53 bits per heavy atom. The van der Waals surface area contributed by atoms with E-state index >= 15 is 0 Å². The third kappa shape index (κ3) is 3.50. The first-order valence-electron chi connectivity index (χ1n) is 4.79. The molecule has 0 radical (unpaired) electrons. The number of ether oxygens (including phenoxy) is 1. The topological polar surface area (TPSA) is 49.8 Å². The van der Waals surface area contributed by atoms with Crippen molar-refractivity contribution < 1.29 is 14.6 Å². The number of likely N-dealkylation sites (N-methyl/N-ethyl adjacent to an activating group) is 1. The zero-order valence-corrected chi connectivity index (χ0v) is 8.93. The lowest BCUT2D eigenvalue weighted by atomic mass is 10.3. The van der Waals surface area contributed by atoms with Gasteiger partial charge >= 0.3 is 5.97 Å². The number of hydrogen-bond donors (Lipinski definition) is 1. The Balaban J connectivity index is 2.60. The summed E-state index contributed by atoms with van der Waals surface area (Å²) in [4.78, 5) is 12.9. The molecular formula is C11H15NO3. The summed E-state index contributed by atoms with van der Waals surface area (Å²) in [7, 11) is 1.77. The molecule has 1 N–H and O–H groups in total. The lowest BCUT2D eigenvalue weighted by molar-refractivity contribution is -0.141. The first-order valence-corrected chi connectivity index (χ1v) is 4.79. The smallest absolute Gasteiger partial charge is 0.325 e. The van der Waals surface area contributed by atoms with Gasteiger partial charge < -0.3 is 14.7 Å². The van der Waals surface area contributed by atoms with Crippen molar-refractivity contribution in [2.45, 2.75) is 6.92 Å². The molecule has 0 spiro atoms. The molecule has 0 unspecified atom stereocenters. The van der Waals surface area contributed by atoms with E-state index in [1.54, 1.807) is 37.1 Å². The van der Waals surface area contributed by atoms with Crippen LogP contribution in [0.25, 0.3) is 0 Å². The molecular weight excluding hydrogens is 194 g/mol. The van der Waals surface area contributed by atoms with Gasteiger partial charge in [-0.05, 0) is 19.1 Å². The van der Waals surface area contributed by atoms with Gasteiger partial charge in [0.15, 0.2) is 0 Å². The van der Waals surface area contributed by atoms with Crippen molar-refractivity contribution in [2.24, 2.45) is 0 Å². The standard InChI is InChI=1S/C11H15NO3/c1-3-15-11(14)8-12(2)9-5-4-6-10(13)7-9/h4-7,13H,3,8H2,1-2H3. The van der Waals surface area contributed by atoms with Crippen LogP contribution in [0.15, 0.2) is 24.3 Å². The molecule has 0 heterocycles. The van der Waals surface area contributed by atoms with E-state index < -0.39 is 0 Å². The third-order valence-electron chi connectivity index (χ3n) is 1.94. The summed E-state index contributed by atoms with van der Waals surface area (Å²) in [5, 5.41) is 9.26. The summed E-state index contributed by atoms with van der Waals surface area (Å²) in [6, 6.07) is 6.73. The second kappa shape index (κ2) is 5.24. The van der Waals surface area contributed by atoms with Gasteiger partial charge in [-0.15, -0.1) is 0 Å². The molecule has 1 aromatic rings. The van der Waals surface area contributed by atoms with Crippen molar-refractivity contribution in [3.8, 4) is 5.75 Å². The summed E-state index contributed by atoms with van der Waals surface area (Å²) in [5.41, 5.74) is 0.781. The first-order chi connectivity index (χ1) is 7.13. The average molecular weight is 209 g/mol. The molecule has 0 aliphatic carbocycles. The van der Waals surface area contributed by atoms with Gasteiger partial charge in [0.05, 0.1) is 6.61 Å². The van der Waals surface area contributed by atoms with Gasteiger partial charge in [-0.1, -0.05) is 6.07 Å². The van der Waals surface area contributed by atoms with Crippen molar-refractivity contribution in [3.05, 3.63) is 24.3 Å². The molecule has 0 fully saturated rings. The Hall–Kier alpha value is -1.71. The number of esters is 1. The number of anilines is 1. The van der Waals surface area contributed by atoms with Gasteiger partial charge in [-0.2, -0.15) is 0 Å². The molecule has 15 heavy (non-hydrogen) atoms. The van der Waals surface area contributed by atoms with Crippen molar-refractivity contribution in [3.63, 3.8) is 0 Å². The van der Waals surface area contributed by atoms with Gasteiger partial charge in [0, 0.05) is 18.8 Å². The Morgan fingerprint density at radius 3 is 2.87 bits per heavy atom. The largest absolute Gasteiger partial charge is 0.508 e. The van der Waals surface area contributed by atoms with Gasteiger partial charge in [0.1, 0.15) is 12.3 Å². The van der Waals surface area contributed by atoms with Gasteiger partial charge in [-0.25, -0.2) is 0 Å². The SMILES string of the molecule is CCOC(=O)CN(C)c1cccc(O)c1. The maximum absolute atomic E-state index is 11.2. The van der Waals surface area contributed by atoms with Crippen LogP contribution < -0.4 is 4.90 Å². The predicted octanol–water partition coefficient (Wildman–Crippen LogP) is 1.39. The summed E-state index contributed by atoms with van der Waals surface area (Å²) < 4.78 is 4.82. The fourth-order valence-corrected chi connectivity index (χ4v) is 1.22. The molecule has 0 bridgehead atoms. The number of phenolic OH excluding ortho intramolecular Hbond substituents is 1. The summed E-state index contributed by atoms with van der Waals surface area (Å²) in [6.45, 7) is 2.33. The zero-order valence-electron chi connectivity index (χ0n) is 8.93. The quantitative estimate of drug-likeness (QED) is 0.761. The average Bonchev–Trinajstić information content (AvgIpc) is 2.18. The highest BCUT2D eigenvalue weighted by Crippen LogP contribution is 2.18. The number of carbonyl (C=O) groups excluding carboxylic acids is 1. The highest BCUT2D eigenvalue weighted by molar-refractivity contribution is 5.75. The van der Waals surface area contributed by atoms with E-state index in [0.717, 1.165) is 5.69 Å². The number of benzene rings is 1. The number of rotatable bonds is 4. The van der Waals surface area contributed by atoms with E-state index in [-0.39, 0.29) is 18.3 Å². The lowest BCUT2D eigenvalue weighted by Crippen LogP contribution is -2.26. The second-order valence-corrected chi connectivity index (χ2v) is 3.18. The Kier molecular flexibility index (Phi) is 3.97. The second-order valence-electron chi connectivity index (χ2n) is 3.18. The third-order valence-corrected chi connectivity index (χ3v) is 1.94. The van der Waals surface area contributed by atoms with Gasteiger partial charge in [0.25, 0.3) is 0 Å². The molecule has 0 atom stereocenters. The van der Waals surface area contributed by atoms with Crippen LogP contribution in [0, 0.1) is 0 Å². The number of phenols is 1. The minimum atomic E-state index is -0.275. The number of carbonyl (C=O) groups is 1. The zero-order chi connectivity index (χ0) is 11.3. The number of hydrogen-bond acceptors (Lipinski definition) is 4. The van der Waals surface area contributed by atoms with Crippen LogP contribution in [0.2, 0.25) is 0 Å². The van der Waals surface area contributed by atoms with E-state index in [4.69, 9.17) is 4.74 Å². The molecule has 1 aromatic carbocycles. The molecule has 82 valence electrons. The van der Waals surface area contributed by atoms with Crippen molar-refractivity contribution in [1.82, 2.24) is 0 Å². The van der Waals surface area contributed by atoms with E-state index in [1.807, 2.05) is 6.07 Å². The van der Waals surface area contributed by atoms with Crippen molar-refractivity contribution in [2.75, 3.05) is 25.1 Å². The summed E-state index contributed by atoms with van der Waals surface area (Å²) >= 11 is 0. The Labute approximate surface area is 89.1 Å². The summed E-state index contributed by atoms with van der Waals surface area (Å²) in [5.74, 6) is -0.0912. The lowest BCUT2D eigenvalue weighted by Gasteiger charge is -2.17. The van der Waals surface area contributed by atoms with Crippen LogP contribution in [0.4, 0.5) is 5.69 Å². The number of nitrogens with zero attached hydrogens (tertiary/aromatic N) is 1. The number of aromatic hydroxyl groups is 1. The van der Waals surface area contributed by atoms with Crippen LogP contribution in [-0.2, 0) is 9.53 Å². The fourth-order valence-electron chi connectivity index (χ4n) is 1.22. The van der Waals surface area contributed by atoms with Gasteiger partial charge in [0.2, 0.25) is 0 Å². The fraction of sp³-hybridized carbons (Fsp3) is 0.364. The van der Waals surface area contributed by atoms with E-state index in [1.165, 1.54) is 0 Å². The van der Waals surface area contributed by atoms with E-state index in [0.29, 0.717) is 6.61 Å². The molecule has 0 aliphatic rings. The maximum atomic E-state index is 11.2. The van der Waals surface area contributed by atoms with Crippen LogP contribution >= 0.6 is 0 Å². The van der Waals surface area contributed by atoms with Crippen LogP contribution in [0.5, 0.6) is 5.75 Å². The normalized spacial score (nSPS) is 9.73. The molecule has 4 heteroatoms. The molecule has 0 aromatic heterocycles. The maximum Gasteiger partial charge on any atom is 0.325 e. The minimum absolute atomic E-state index is 0.178. The molecule has 0 saturated heterocycles. The molecule has 1 rings (SSSR count). The van der Waals surface area contributed by atoms with Crippen LogP contribution in [0.3, 0.4) is 0 Å². The molecule has 0 aliphatic heterocycles.